The van der Waals surface area contributed by atoms with Crippen LogP contribution in [0.4, 0.5) is 10.5 Å². The Balaban J connectivity index is 2.20. The van der Waals surface area contributed by atoms with Gasteiger partial charge in [-0.05, 0) is 18.9 Å². The number of nitrogens with zero attached hydrogens (tertiary/aromatic N) is 2. The molecule has 0 spiro atoms. The molecule has 1 aliphatic rings. The van der Waals surface area contributed by atoms with E-state index in [1.165, 1.54) is 0 Å². The third-order valence-electron chi connectivity index (χ3n) is 2.66. The van der Waals surface area contributed by atoms with Crippen LogP contribution in [0.3, 0.4) is 0 Å². The summed E-state index contributed by atoms with van der Waals surface area (Å²) in [6, 6.07) is 1.69. The first kappa shape index (κ1) is 12.3. The van der Waals surface area contributed by atoms with E-state index in [-0.39, 0.29) is 11.3 Å². The molecule has 0 radical (unpaired) electrons. The highest BCUT2D eigenvalue weighted by Gasteiger charge is 2.26. The molecule has 7 heteroatoms. The summed E-state index contributed by atoms with van der Waals surface area (Å²) in [7, 11) is 0. The first-order valence-electron chi connectivity index (χ1n) is 5.15. The topological polar surface area (TPSA) is 65.5 Å². The number of hydrogen-bond acceptors (Lipinski definition) is 3. The van der Waals surface area contributed by atoms with Gasteiger partial charge in [-0.2, -0.15) is 0 Å². The van der Waals surface area contributed by atoms with Crippen molar-refractivity contribution in [1.29, 1.82) is 0 Å². The molecule has 2 rings (SSSR count). The molecule has 1 amide bonds. The smallest absolute Gasteiger partial charge is 0.406 e. The molecule has 1 aromatic rings. The standard InChI is InChI=1S/C10H11Cl2N3O2/c11-7-4-6(5-13-9(7)12)15-3-1-2-8(15)14-10(16)17/h4-5,8,14H,1-3H2,(H,16,17). The van der Waals surface area contributed by atoms with E-state index in [0.29, 0.717) is 5.02 Å². The number of amides is 1. The van der Waals surface area contributed by atoms with Gasteiger partial charge in [0, 0.05) is 6.54 Å². The highest BCUT2D eigenvalue weighted by Crippen LogP contribution is 2.28. The van der Waals surface area contributed by atoms with Crippen LogP contribution in [-0.4, -0.2) is 28.9 Å². The molecule has 2 heterocycles. The van der Waals surface area contributed by atoms with Gasteiger partial charge >= 0.3 is 6.09 Å². The van der Waals surface area contributed by atoms with E-state index < -0.39 is 6.09 Å². The lowest BCUT2D eigenvalue weighted by Crippen LogP contribution is -2.43. The van der Waals surface area contributed by atoms with Crippen LogP contribution >= 0.6 is 23.2 Å². The van der Waals surface area contributed by atoms with E-state index in [1.807, 2.05) is 4.90 Å². The zero-order valence-corrected chi connectivity index (χ0v) is 10.4. The molecule has 0 aliphatic carbocycles. The first-order valence-corrected chi connectivity index (χ1v) is 5.90. The molecule has 1 aromatic heterocycles. The molecular weight excluding hydrogens is 265 g/mol. The maximum absolute atomic E-state index is 10.7. The number of carbonyl (C=O) groups is 1. The first-order chi connectivity index (χ1) is 8.08. The summed E-state index contributed by atoms with van der Waals surface area (Å²) in [5.74, 6) is 0. The average Bonchev–Trinajstić information content (AvgIpc) is 2.69. The van der Waals surface area contributed by atoms with E-state index in [1.54, 1.807) is 12.3 Å². The molecule has 1 fully saturated rings. The molecule has 17 heavy (non-hydrogen) atoms. The third-order valence-corrected chi connectivity index (χ3v) is 3.34. The van der Waals surface area contributed by atoms with E-state index in [9.17, 15) is 4.79 Å². The highest BCUT2D eigenvalue weighted by molar-refractivity contribution is 6.41. The molecule has 1 unspecified atom stereocenters. The van der Waals surface area contributed by atoms with Gasteiger partial charge in [-0.25, -0.2) is 9.78 Å². The molecular formula is C10H11Cl2N3O2. The number of nitrogens with one attached hydrogen (secondary N) is 1. The van der Waals surface area contributed by atoms with Gasteiger partial charge in [0.1, 0.15) is 11.3 Å². The second kappa shape index (κ2) is 4.98. The summed E-state index contributed by atoms with van der Waals surface area (Å²) in [5.41, 5.74) is 0.774. The van der Waals surface area contributed by atoms with E-state index in [4.69, 9.17) is 28.3 Å². The van der Waals surface area contributed by atoms with Gasteiger partial charge in [0.15, 0.2) is 0 Å². The summed E-state index contributed by atoms with van der Waals surface area (Å²) < 4.78 is 0. The minimum Gasteiger partial charge on any atom is -0.465 e. The summed E-state index contributed by atoms with van der Waals surface area (Å²) >= 11 is 11.6. The minimum atomic E-state index is -1.03. The minimum absolute atomic E-state index is 0.230. The van der Waals surface area contributed by atoms with Crippen LogP contribution in [0.2, 0.25) is 10.2 Å². The van der Waals surface area contributed by atoms with Gasteiger partial charge in [-0.1, -0.05) is 23.2 Å². The zero-order chi connectivity index (χ0) is 12.4. The lowest BCUT2D eigenvalue weighted by Gasteiger charge is -2.26. The summed E-state index contributed by atoms with van der Waals surface area (Å²) in [4.78, 5) is 16.5. The second-order valence-electron chi connectivity index (χ2n) is 3.77. The van der Waals surface area contributed by atoms with E-state index in [0.717, 1.165) is 25.1 Å². The van der Waals surface area contributed by atoms with E-state index >= 15 is 0 Å². The number of rotatable bonds is 2. The predicted molar refractivity (Wildman–Crippen MR) is 65.8 cm³/mol. The van der Waals surface area contributed by atoms with Gasteiger partial charge in [-0.15, -0.1) is 0 Å². The molecule has 1 aliphatic heterocycles. The van der Waals surface area contributed by atoms with Crippen molar-refractivity contribution < 1.29 is 9.90 Å². The van der Waals surface area contributed by atoms with Crippen molar-refractivity contribution in [2.45, 2.75) is 19.0 Å². The number of pyridine rings is 1. The lowest BCUT2D eigenvalue weighted by atomic mass is 10.3. The fraction of sp³-hybridized carbons (Fsp3) is 0.400. The van der Waals surface area contributed by atoms with Crippen molar-refractivity contribution in [3.63, 3.8) is 0 Å². The Bertz CT molecular complexity index is 442. The van der Waals surface area contributed by atoms with Gasteiger partial charge in [0.25, 0.3) is 0 Å². The van der Waals surface area contributed by atoms with Crippen LogP contribution in [0.15, 0.2) is 12.3 Å². The van der Waals surface area contributed by atoms with Crippen LogP contribution in [0, 0.1) is 0 Å². The highest BCUT2D eigenvalue weighted by atomic mass is 35.5. The maximum atomic E-state index is 10.7. The molecule has 0 saturated carbocycles. The number of aromatic nitrogens is 1. The Kier molecular flexibility index (Phi) is 3.59. The summed E-state index contributed by atoms with van der Waals surface area (Å²) in [6.45, 7) is 0.768. The quantitative estimate of drug-likeness (QED) is 0.815. The summed E-state index contributed by atoms with van der Waals surface area (Å²) in [5, 5.41) is 11.8. The molecule has 2 N–H and O–H groups in total. The number of carboxylic acid groups (broad SMARTS) is 1. The van der Waals surface area contributed by atoms with Crippen LogP contribution in [0.5, 0.6) is 0 Å². The Labute approximate surface area is 108 Å². The van der Waals surface area contributed by atoms with Gasteiger partial charge in [0.2, 0.25) is 0 Å². The molecule has 1 atom stereocenters. The SMILES string of the molecule is O=C(O)NC1CCCN1c1cnc(Cl)c(Cl)c1. The Morgan fingerprint density at radius 2 is 2.35 bits per heavy atom. The molecule has 1 saturated heterocycles. The Morgan fingerprint density at radius 3 is 3.00 bits per heavy atom. The lowest BCUT2D eigenvalue weighted by molar-refractivity contribution is 0.190. The van der Waals surface area contributed by atoms with Crippen molar-refractivity contribution >= 4 is 35.0 Å². The van der Waals surface area contributed by atoms with Crippen LogP contribution in [0.1, 0.15) is 12.8 Å². The van der Waals surface area contributed by atoms with Gasteiger partial charge < -0.3 is 15.3 Å². The third kappa shape index (κ3) is 2.73. The van der Waals surface area contributed by atoms with Gasteiger partial charge in [0.05, 0.1) is 16.9 Å². The maximum Gasteiger partial charge on any atom is 0.406 e. The fourth-order valence-electron chi connectivity index (χ4n) is 1.94. The van der Waals surface area contributed by atoms with Crippen molar-refractivity contribution in [3.8, 4) is 0 Å². The fourth-order valence-corrected chi connectivity index (χ4v) is 2.20. The molecule has 92 valence electrons. The van der Waals surface area contributed by atoms with Crippen molar-refractivity contribution in [2.24, 2.45) is 0 Å². The number of hydrogen-bond donors (Lipinski definition) is 2. The second-order valence-corrected chi connectivity index (χ2v) is 4.53. The predicted octanol–water partition coefficient (Wildman–Crippen LogP) is 2.58. The Hall–Kier alpha value is -1.20. The van der Waals surface area contributed by atoms with Crippen molar-refractivity contribution in [1.82, 2.24) is 10.3 Å². The molecule has 0 aromatic carbocycles. The van der Waals surface area contributed by atoms with Crippen LogP contribution in [-0.2, 0) is 0 Å². The monoisotopic (exact) mass is 275 g/mol. The van der Waals surface area contributed by atoms with Crippen LogP contribution < -0.4 is 10.2 Å². The molecule has 0 bridgehead atoms. The zero-order valence-electron chi connectivity index (χ0n) is 8.86. The van der Waals surface area contributed by atoms with Crippen molar-refractivity contribution in [3.05, 3.63) is 22.4 Å². The molecule has 5 nitrogen and oxygen atoms in total. The summed E-state index contributed by atoms with van der Waals surface area (Å²) in [6.07, 6.45) is 2.02. The average molecular weight is 276 g/mol. The Morgan fingerprint density at radius 1 is 1.59 bits per heavy atom. The van der Waals surface area contributed by atoms with Gasteiger partial charge in [-0.3, -0.25) is 0 Å². The normalized spacial score (nSPS) is 19.4. The number of halogens is 2. The van der Waals surface area contributed by atoms with Crippen molar-refractivity contribution in [2.75, 3.05) is 11.4 Å². The van der Waals surface area contributed by atoms with Crippen LogP contribution in [0.25, 0.3) is 0 Å². The largest absolute Gasteiger partial charge is 0.465 e. The number of anilines is 1. The van der Waals surface area contributed by atoms with E-state index in [2.05, 4.69) is 10.3 Å².